The van der Waals surface area contributed by atoms with Crippen molar-refractivity contribution in [1.29, 1.82) is 0 Å². The molecule has 0 aromatic heterocycles. The average Bonchev–Trinajstić information content (AvgIpc) is 2.95. The second-order valence-electron chi connectivity index (χ2n) is 12.2. The number of rotatable bonds is 29. The number of ether oxygens (including phenoxy) is 2. The first-order valence-electron chi connectivity index (χ1n) is 16.7. The second kappa shape index (κ2) is 28.5. The molecule has 0 aliphatic rings. The summed E-state index contributed by atoms with van der Waals surface area (Å²) in [5.41, 5.74) is 0. The predicted octanol–water partition coefficient (Wildman–Crippen LogP) is 7.94. The van der Waals surface area contributed by atoms with E-state index in [9.17, 15) is 19.8 Å². The fraction of sp³-hybridized carbons (Fsp3) is 0.722. The number of carboxylic acids is 1. The molecular formula is C36H64NO6+. The van der Waals surface area contributed by atoms with Gasteiger partial charge in [-0.1, -0.05) is 107 Å². The predicted molar refractivity (Wildman–Crippen MR) is 178 cm³/mol. The number of allylic oxidation sites excluding steroid dienone is 8. The van der Waals surface area contributed by atoms with Crippen molar-refractivity contribution in [3.63, 3.8) is 0 Å². The van der Waals surface area contributed by atoms with Crippen LogP contribution in [0.25, 0.3) is 0 Å². The third-order valence-electron chi connectivity index (χ3n) is 7.22. The maximum atomic E-state index is 11.9. The van der Waals surface area contributed by atoms with Crippen LogP contribution in [0.1, 0.15) is 116 Å². The van der Waals surface area contributed by atoms with Crippen LogP contribution in [0.2, 0.25) is 0 Å². The van der Waals surface area contributed by atoms with E-state index < -0.39 is 18.1 Å². The Hall–Kier alpha value is -2.22. The molecule has 7 nitrogen and oxygen atoms in total. The number of hydrogen-bond donors (Lipinski definition) is 2. The lowest BCUT2D eigenvalue weighted by Crippen LogP contribution is -2.50. The quantitative estimate of drug-likeness (QED) is 0.0389. The Morgan fingerprint density at radius 3 is 1.70 bits per heavy atom. The summed E-state index contributed by atoms with van der Waals surface area (Å²) in [6, 6.07) is -0.576. The second-order valence-corrected chi connectivity index (χ2v) is 12.2. The summed E-state index contributed by atoms with van der Waals surface area (Å²) in [6.07, 6.45) is 35.1. The van der Waals surface area contributed by atoms with Gasteiger partial charge >= 0.3 is 11.9 Å². The van der Waals surface area contributed by atoms with E-state index in [2.05, 4.69) is 55.5 Å². The van der Waals surface area contributed by atoms with Gasteiger partial charge in [-0.2, -0.15) is 0 Å². The van der Waals surface area contributed by atoms with E-state index >= 15 is 0 Å². The zero-order chi connectivity index (χ0) is 32.0. The largest absolute Gasteiger partial charge is 0.477 e. The highest BCUT2D eigenvalue weighted by Gasteiger charge is 2.30. The Bertz CT molecular complexity index is 796. The highest BCUT2D eigenvalue weighted by Crippen LogP contribution is 2.13. The molecule has 0 saturated carbocycles. The minimum Gasteiger partial charge on any atom is -0.477 e. The third-order valence-corrected chi connectivity index (χ3v) is 7.22. The molecule has 0 fully saturated rings. The molecule has 248 valence electrons. The Kier molecular flexibility index (Phi) is 27.1. The van der Waals surface area contributed by atoms with Gasteiger partial charge in [0.15, 0.2) is 6.04 Å². The first-order valence-corrected chi connectivity index (χ1v) is 16.7. The van der Waals surface area contributed by atoms with Crippen LogP contribution in [0, 0.1) is 0 Å². The Balaban J connectivity index is 3.50. The van der Waals surface area contributed by atoms with E-state index in [0.717, 1.165) is 44.9 Å². The Morgan fingerprint density at radius 2 is 1.19 bits per heavy atom. The minimum absolute atomic E-state index is 0.0159. The standard InChI is InChI=1S/C36H63NO6/c1-5-6-7-8-9-10-11-12-13-14-15-16-17-18-19-20-21-22-23-24-25-26-27-28-35(39)43-32-33(38)31-42-30-29-34(36(40)41)37(2,3)4/h6-7,9-10,12-13,15-16,33-34,38H,5,8,11,14,17-32H2,1-4H3/p+1/b7-6+,10-9+,13-12+,16-15+. The molecule has 0 bridgehead atoms. The fourth-order valence-electron chi connectivity index (χ4n) is 4.61. The van der Waals surface area contributed by atoms with Crippen LogP contribution in [-0.4, -0.2) is 79.7 Å². The van der Waals surface area contributed by atoms with E-state index in [1.807, 2.05) is 21.1 Å². The summed E-state index contributed by atoms with van der Waals surface area (Å²) in [6.45, 7) is 2.30. The number of aliphatic hydroxyl groups excluding tert-OH is 1. The van der Waals surface area contributed by atoms with Crippen LogP contribution in [0.5, 0.6) is 0 Å². The van der Waals surface area contributed by atoms with Gasteiger partial charge in [0.25, 0.3) is 0 Å². The number of hydrogen-bond acceptors (Lipinski definition) is 5. The van der Waals surface area contributed by atoms with Crippen molar-refractivity contribution >= 4 is 11.9 Å². The number of aliphatic hydroxyl groups is 1. The third kappa shape index (κ3) is 28.3. The molecule has 0 saturated heterocycles. The molecule has 43 heavy (non-hydrogen) atoms. The van der Waals surface area contributed by atoms with E-state index in [-0.39, 0.29) is 25.8 Å². The maximum absolute atomic E-state index is 11.9. The van der Waals surface area contributed by atoms with Gasteiger partial charge < -0.3 is 24.2 Å². The number of carboxylic acid groups (broad SMARTS) is 1. The molecule has 0 amide bonds. The Labute approximate surface area is 263 Å². The van der Waals surface area contributed by atoms with Crippen molar-refractivity contribution in [3.8, 4) is 0 Å². The Morgan fingerprint density at radius 1 is 0.698 bits per heavy atom. The van der Waals surface area contributed by atoms with Gasteiger partial charge in [-0.15, -0.1) is 0 Å². The molecule has 0 rings (SSSR count). The van der Waals surface area contributed by atoms with Gasteiger partial charge in [-0.3, -0.25) is 4.79 Å². The first kappa shape index (κ1) is 40.8. The zero-order valence-electron chi connectivity index (χ0n) is 27.9. The molecule has 7 heteroatoms. The van der Waals surface area contributed by atoms with Crippen LogP contribution in [0.15, 0.2) is 48.6 Å². The lowest BCUT2D eigenvalue weighted by molar-refractivity contribution is -0.887. The summed E-state index contributed by atoms with van der Waals surface area (Å²) in [7, 11) is 5.47. The van der Waals surface area contributed by atoms with Gasteiger partial charge in [-0.05, 0) is 44.9 Å². The summed E-state index contributed by atoms with van der Waals surface area (Å²) < 4.78 is 10.8. The lowest BCUT2D eigenvalue weighted by atomic mass is 10.1. The topological polar surface area (TPSA) is 93.1 Å². The number of carbonyl (C=O) groups is 2. The van der Waals surface area contributed by atoms with Crippen molar-refractivity contribution in [1.82, 2.24) is 0 Å². The highest BCUT2D eigenvalue weighted by atomic mass is 16.5. The number of quaternary nitrogens is 1. The van der Waals surface area contributed by atoms with E-state index in [1.165, 1.54) is 51.4 Å². The molecular weight excluding hydrogens is 542 g/mol. The van der Waals surface area contributed by atoms with E-state index in [4.69, 9.17) is 9.47 Å². The van der Waals surface area contributed by atoms with Gasteiger partial charge in [0.2, 0.25) is 0 Å². The highest BCUT2D eigenvalue weighted by molar-refractivity contribution is 5.72. The SMILES string of the molecule is CC/C=C/C/C=C/C/C=C/C/C=C/CCCCCCCCCCCCC(=O)OCC(O)COCCC(C(=O)O)[N+](C)(C)C. The average molecular weight is 607 g/mol. The van der Waals surface area contributed by atoms with Crippen LogP contribution >= 0.6 is 0 Å². The van der Waals surface area contributed by atoms with E-state index in [1.54, 1.807) is 0 Å². The molecule has 0 aliphatic heterocycles. The number of carbonyl (C=O) groups excluding carboxylic acids is 1. The molecule has 2 atom stereocenters. The van der Waals surface area contributed by atoms with Crippen LogP contribution in [0.4, 0.5) is 0 Å². The summed E-state index contributed by atoms with van der Waals surface area (Å²) >= 11 is 0. The molecule has 0 heterocycles. The summed E-state index contributed by atoms with van der Waals surface area (Å²) in [5, 5.41) is 19.3. The van der Waals surface area contributed by atoms with Crippen LogP contribution < -0.4 is 0 Å². The molecule has 0 aliphatic carbocycles. The normalized spacial score (nSPS) is 14.0. The fourth-order valence-corrected chi connectivity index (χ4v) is 4.61. The van der Waals surface area contributed by atoms with Gasteiger partial charge in [0.05, 0.1) is 34.4 Å². The smallest absolute Gasteiger partial charge is 0.362 e. The number of likely N-dealkylation sites (N-methyl/N-ethyl adjacent to an activating group) is 1. The van der Waals surface area contributed by atoms with Gasteiger partial charge in [0.1, 0.15) is 12.7 Å². The maximum Gasteiger partial charge on any atom is 0.362 e. The molecule has 2 unspecified atom stereocenters. The van der Waals surface area contributed by atoms with Crippen molar-refractivity contribution < 1.29 is 33.8 Å². The van der Waals surface area contributed by atoms with Gasteiger partial charge in [0, 0.05) is 12.8 Å². The number of unbranched alkanes of at least 4 members (excludes halogenated alkanes) is 10. The summed E-state index contributed by atoms with van der Waals surface area (Å²) in [4.78, 5) is 23.3. The van der Waals surface area contributed by atoms with Crippen LogP contribution in [0.3, 0.4) is 0 Å². The van der Waals surface area contributed by atoms with Crippen molar-refractivity contribution in [2.45, 2.75) is 128 Å². The molecule has 0 radical (unpaired) electrons. The van der Waals surface area contributed by atoms with Crippen molar-refractivity contribution in [3.05, 3.63) is 48.6 Å². The number of esters is 1. The molecule has 2 N–H and O–H groups in total. The van der Waals surface area contributed by atoms with Crippen molar-refractivity contribution in [2.24, 2.45) is 0 Å². The van der Waals surface area contributed by atoms with Crippen LogP contribution in [-0.2, 0) is 19.1 Å². The zero-order valence-corrected chi connectivity index (χ0v) is 27.9. The van der Waals surface area contributed by atoms with E-state index in [0.29, 0.717) is 17.3 Å². The molecule has 0 spiro atoms. The summed E-state index contributed by atoms with van der Waals surface area (Å²) in [5.74, 6) is -1.16. The number of nitrogens with zero attached hydrogens (tertiary/aromatic N) is 1. The number of aliphatic carboxylic acids is 1. The lowest BCUT2D eigenvalue weighted by Gasteiger charge is -2.31. The monoisotopic (exact) mass is 606 g/mol. The van der Waals surface area contributed by atoms with Crippen molar-refractivity contribution in [2.75, 3.05) is 41.0 Å². The first-order chi connectivity index (χ1) is 20.7. The molecule has 0 aromatic rings. The minimum atomic E-state index is -0.906. The van der Waals surface area contributed by atoms with Gasteiger partial charge in [-0.25, -0.2) is 4.79 Å². The molecule has 0 aromatic carbocycles.